The molecule has 0 radical (unpaired) electrons. The Morgan fingerprint density at radius 2 is 1.67 bits per heavy atom. The summed E-state index contributed by atoms with van der Waals surface area (Å²) in [6.07, 6.45) is 0. The van der Waals surface area contributed by atoms with Gasteiger partial charge in [0.25, 0.3) is 0 Å². The van der Waals surface area contributed by atoms with E-state index in [0.717, 1.165) is 18.0 Å². The lowest BCUT2D eigenvalue weighted by Crippen LogP contribution is -2.17. The zero-order valence-corrected chi connectivity index (χ0v) is 10.1. The number of hydrogen-bond donors (Lipinski definition) is 0. The van der Waals surface area contributed by atoms with Crippen LogP contribution in [0, 0.1) is 6.92 Å². The van der Waals surface area contributed by atoms with Gasteiger partial charge < -0.3 is 14.4 Å². The molecule has 3 heteroatoms. The van der Waals surface area contributed by atoms with E-state index < -0.39 is 0 Å². The van der Waals surface area contributed by atoms with Gasteiger partial charge in [-0.3, -0.25) is 0 Å². The number of benzene rings is 1. The number of hydrogen-bond acceptors (Lipinski definition) is 3. The zero-order chi connectivity index (χ0) is 11.4. The summed E-state index contributed by atoms with van der Waals surface area (Å²) in [6, 6.07) is 4.01. The van der Waals surface area contributed by atoms with Gasteiger partial charge in [0, 0.05) is 25.3 Å². The quantitative estimate of drug-likeness (QED) is 0.760. The van der Waals surface area contributed by atoms with Crippen molar-refractivity contribution in [1.82, 2.24) is 0 Å². The molecule has 1 aromatic carbocycles. The van der Waals surface area contributed by atoms with E-state index in [-0.39, 0.29) is 0 Å². The lowest BCUT2D eigenvalue weighted by molar-refractivity contribution is 0.355. The van der Waals surface area contributed by atoms with E-state index in [1.807, 2.05) is 12.1 Å². The van der Waals surface area contributed by atoms with E-state index in [2.05, 4.69) is 25.8 Å². The smallest absolute Gasteiger partial charge is 0.162 e. The van der Waals surface area contributed by atoms with Crippen LogP contribution in [0.15, 0.2) is 12.1 Å². The molecule has 0 aliphatic heterocycles. The van der Waals surface area contributed by atoms with Crippen molar-refractivity contribution in [3.05, 3.63) is 17.7 Å². The minimum Gasteiger partial charge on any atom is -0.493 e. The molecule has 1 rings (SSSR count). The van der Waals surface area contributed by atoms with Crippen molar-refractivity contribution < 1.29 is 9.47 Å². The van der Waals surface area contributed by atoms with Crippen molar-refractivity contribution in [2.75, 3.05) is 32.7 Å². The van der Waals surface area contributed by atoms with Crippen LogP contribution in [0.2, 0.25) is 0 Å². The van der Waals surface area contributed by atoms with Crippen LogP contribution in [-0.2, 0) is 0 Å². The fourth-order valence-electron chi connectivity index (χ4n) is 1.55. The Bertz CT molecular complexity index is 337. The summed E-state index contributed by atoms with van der Waals surface area (Å²) in [6.45, 7) is 5.16. The second kappa shape index (κ2) is 4.91. The van der Waals surface area contributed by atoms with Gasteiger partial charge in [0.05, 0.1) is 14.2 Å². The number of anilines is 1. The number of methoxy groups -OCH3 is 2. The van der Waals surface area contributed by atoms with E-state index in [4.69, 9.17) is 9.47 Å². The third kappa shape index (κ3) is 2.35. The summed E-state index contributed by atoms with van der Waals surface area (Å²) < 4.78 is 10.5. The number of rotatable bonds is 4. The standard InChI is InChI=1S/C12H19NO2/c1-6-13(3)10-8-12(15-5)11(14-4)7-9(10)2/h7-8H,6H2,1-5H3. The SMILES string of the molecule is CCN(C)c1cc(OC)c(OC)cc1C. The summed E-state index contributed by atoms with van der Waals surface area (Å²) in [5, 5.41) is 0. The summed E-state index contributed by atoms with van der Waals surface area (Å²) in [5.41, 5.74) is 2.37. The Kier molecular flexibility index (Phi) is 3.83. The molecule has 0 heterocycles. The first-order valence-corrected chi connectivity index (χ1v) is 5.07. The number of aryl methyl sites for hydroxylation is 1. The molecular weight excluding hydrogens is 190 g/mol. The highest BCUT2D eigenvalue weighted by Gasteiger charge is 2.10. The number of nitrogens with zero attached hydrogens (tertiary/aromatic N) is 1. The van der Waals surface area contributed by atoms with Crippen LogP contribution in [0.4, 0.5) is 5.69 Å². The Morgan fingerprint density at radius 3 is 2.13 bits per heavy atom. The predicted molar refractivity (Wildman–Crippen MR) is 63.2 cm³/mol. The average molecular weight is 209 g/mol. The average Bonchev–Trinajstić information content (AvgIpc) is 2.27. The molecule has 0 aliphatic rings. The fraction of sp³-hybridized carbons (Fsp3) is 0.500. The Morgan fingerprint density at radius 1 is 1.13 bits per heavy atom. The molecule has 0 unspecified atom stereocenters. The van der Waals surface area contributed by atoms with Crippen LogP contribution in [0.25, 0.3) is 0 Å². The zero-order valence-electron chi connectivity index (χ0n) is 10.1. The van der Waals surface area contributed by atoms with Crippen molar-refractivity contribution in [1.29, 1.82) is 0 Å². The second-order valence-electron chi connectivity index (χ2n) is 3.51. The maximum atomic E-state index is 5.27. The van der Waals surface area contributed by atoms with Crippen LogP contribution >= 0.6 is 0 Å². The van der Waals surface area contributed by atoms with Crippen LogP contribution in [-0.4, -0.2) is 27.8 Å². The molecule has 15 heavy (non-hydrogen) atoms. The second-order valence-corrected chi connectivity index (χ2v) is 3.51. The van der Waals surface area contributed by atoms with Gasteiger partial charge in [-0.05, 0) is 25.5 Å². The third-order valence-electron chi connectivity index (χ3n) is 2.59. The van der Waals surface area contributed by atoms with Crippen molar-refractivity contribution in [3.63, 3.8) is 0 Å². The molecule has 0 aliphatic carbocycles. The molecule has 3 nitrogen and oxygen atoms in total. The van der Waals surface area contributed by atoms with Crippen LogP contribution in [0.1, 0.15) is 12.5 Å². The monoisotopic (exact) mass is 209 g/mol. The van der Waals surface area contributed by atoms with Gasteiger partial charge in [0.15, 0.2) is 11.5 Å². The predicted octanol–water partition coefficient (Wildman–Crippen LogP) is 2.47. The maximum absolute atomic E-state index is 5.27. The van der Waals surface area contributed by atoms with Gasteiger partial charge in [-0.2, -0.15) is 0 Å². The van der Waals surface area contributed by atoms with Crippen LogP contribution in [0.3, 0.4) is 0 Å². The highest BCUT2D eigenvalue weighted by molar-refractivity contribution is 5.61. The number of ether oxygens (including phenoxy) is 2. The first-order chi connectivity index (χ1) is 7.13. The maximum Gasteiger partial charge on any atom is 0.162 e. The van der Waals surface area contributed by atoms with Gasteiger partial charge in [-0.25, -0.2) is 0 Å². The molecular formula is C12H19NO2. The lowest BCUT2D eigenvalue weighted by atomic mass is 10.1. The summed E-state index contributed by atoms with van der Waals surface area (Å²) in [4.78, 5) is 2.18. The Hall–Kier alpha value is -1.38. The van der Waals surface area contributed by atoms with Crippen molar-refractivity contribution >= 4 is 5.69 Å². The van der Waals surface area contributed by atoms with Crippen molar-refractivity contribution in [3.8, 4) is 11.5 Å². The first-order valence-electron chi connectivity index (χ1n) is 5.07. The van der Waals surface area contributed by atoms with Crippen LogP contribution < -0.4 is 14.4 Å². The van der Waals surface area contributed by atoms with Crippen molar-refractivity contribution in [2.24, 2.45) is 0 Å². The molecule has 0 N–H and O–H groups in total. The van der Waals surface area contributed by atoms with E-state index in [1.165, 1.54) is 11.3 Å². The minimum atomic E-state index is 0.776. The molecule has 0 amide bonds. The highest BCUT2D eigenvalue weighted by atomic mass is 16.5. The molecule has 0 fully saturated rings. The highest BCUT2D eigenvalue weighted by Crippen LogP contribution is 2.34. The van der Waals surface area contributed by atoms with Gasteiger partial charge in [-0.1, -0.05) is 0 Å². The molecule has 0 saturated carbocycles. The van der Waals surface area contributed by atoms with E-state index in [1.54, 1.807) is 14.2 Å². The molecule has 84 valence electrons. The van der Waals surface area contributed by atoms with Gasteiger partial charge in [0.1, 0.15) is 0 Å². The first kappa shape index (κ1) is 11.7. The molecule has 1 aromatic rings. The topological polar surface area (TPSA) is 21.7 Å². The third-order valence-corrected chi connectivity index (χ3v) is 2.59. The molecule has 0 aromatic heterocycles. The summed E-state index contributed by atoms with van der Waals surface area (Å²) in [7, 11) is 5.37. The van der Waals surface area contributed by atoms with Crippen LogP contribution in [0.5, 0.6) is 11.5 Å². The van der Waals surface area contributed by atoms with Gasteiger partial charge in [-0.15, -0.1) is 0 Å². The van der Waals surface area contributed by atoms with Gasteiger partial charge >= 0.3 is 0 Å². The largest absolute Gasteiger partial charge is 0.493 e. The van der Waals surface area contributed by atoms with E-state index >= 15 is 0 Å². The Labute approximate surface area is 91.6 Å². The van der Waals surface area contributed by atoms with Crippen molar-refractivity contribution in [2.45, 2.75) is 13.8 Å². The molecule has 0 atom stereocenters. The minimum absolute atomic E-state index is 0.776. The lowest BCUT2D eigenvalue weighted by Gasteiger charge is -2.21. The fourth-order valence-corrected chi connectivity index (χ4v) is 1.55. The van der Waals surface area contributed by atoms with E-state index in [9.17, 15) is 0 Å². The molecule has 0 spiro atoms. The Balaban J connectivity index is 3.19. The summed E-state index contributed by atoms with van der Waals surface area (Å²) in [5.74, 6) is 1.56. The summed E-state index contributed by atoms with van der Waals surface area (Å²) >= 11 is 0. The molecule has 0 saturated heterocycles. The van der Waals surface area contributed by atoms with Gasteiger partial charge in [0.2, 0.25) is 0 Å². The normalized spacial score (nSPS) is 9.93. The van der Waals surface area contributed by atoms with E-state index in [0.29, 0.717) is 0 Å². The molecule has 0 bridgehead atoms.